The van der Waals surface area contributed by atoms with E-state index >= 15 is 0 Å². The summed E-state index contributed by atoms with van der Waals surface area (Å²) in [4.78, 5) is 62.6. The minimum Gasteiger partial charge on any atom is -0.461 e. The van der Waals surface area contributed by atoms with Gasteiger partial charge in [-0.25, -0.2) is 0 Å². The second kappa shape index (κ2) is 13.0. The highest BCUT2D eigenvalue weighted by molar-refractivity contribution is 6.06. The van der Waals surface area contributed by atoms with Gasteiger partial charge >= 0.3 is 5.97 Å². The highest BCUT2D eigenvalue weighted by Crippen LogP contribution is 2.32. The van der Waals surface area contributed by atoms with E-state index in [-0.39, 0.29) is 36.7 Å². The van der Waals surface area contributed by atoms with E-state index in [0.717, 1.165) is 37.7 Å². The number of unbranched alkanes of at least 4 members (excludes halogenated alkanes) is 4. The number of benzene rings is 2. The molecular weight excluding hydrogens is 486 g/mol. The second-order valence-electron chi connectivity index (χ2n) is 9.69. The quantitative estimate of drug-likeness (QED) is 0.250. The second-order valence-corrected chi connectivity index (χ2v) is 9.69. The van der Waals surface area contributed by atoms with Crippen molar-refractivity contribution in [1.82, 2.24) is 10.2 Å². The third kappa shape index (κ3) is 7.06. The van der Waals surface area contributed by atoms with E-state index in [2.05, 4.69) is 10.6 Å². The van der Waals surface area contributed by atoms with Crippen LogP contribution < -0.4 is 10.6 Å². The molecule has 9 nitrogen and oxygen atoms in total. The summed E-state index contributed by atoms with van der Waals surface area (Å²) in [7, 11) is 0. The predicted octanol–water partition coefficient (Wildman–Crippen LogP) is 3.86. The number of nitrogens with zero attached hydrogens (tertiary/aromatic N) is 1. The zero-order chi connectivity index (χ0) is 26.9. The first-order valence-corrected chi connectivity index (χ1v) is 13.2. The fourth-order valence-corrected chi connectivity index (χ4v) is 4.81. The topological polar surface area (TPSA) is 122 Å². The summed E-state index contributed by atoms with van der Waals surface area (Å²) in [5, 5.41) is 5.21. The van der Waals surface area contributed by atoms with Gasteiger partial charge in [-0.15, -0.1) is 0 Å². The smallest absolute Gasteiger partial charge is 0.306 e. The molecular formula is C29H33N3O6. The third-order valence-electron chi connectivity index (χ3n) is 6.88. The highest BCUT2D eigenvalue weighted by atomic mass is 16.5. The van der Waals surface area contributed by atoms with E-state index in [0.29, 0.717) is 42.7 Å². The van der Waals surface area contributed by atoms with Gasteiger partial charge in [0, 0.05) is 42.6 Å². The summed E-state index contributed by atoms with van der Waals surface area (Å²) < 4.78 is 5.28. The van der Waals surface area contributed by atoms with Crippen LogP contribution in [0.3, 0.4) is 0 Å². The van der Waals surface area contributed by atoms with Crippen LogP contribution in [0.1, 0.15) is 79.3 Å². The van der Waals surface area contributed by atoms with Crippen molar-refractivity contribution < 1.29 is 28.7 Å². The standard InChI is InChI=1S/C29H33N3O6/c33-25(14-7-2-1-3-8-15-27(35)38-19-20-10-5-4-6-11-20)30-23-13-9-12-21-22(23)18-32(29(21)37)24-16-17-26(34)31-28(24)36/h4-6,9-13,24H,1-3,7-8,14-19H2,(H,30,33)(H,31,34,36). The number of rotatable bonds is 12. The molecule has 4 rings (SSSR count). The maximum atomic E-state index is 12.9. The summed E-state index contributed by atoms with van der Waals surface area (Å²) in [6, 6.07) is 14.1. The van der Waals surface area contributed by atoms with Crippen molar-refractivity contribution in [1.29, 1.82) is 0 Å². The van der Waals surface area contributed by atoms with Crippen molar-refractivity contribution in [2.75, 3.05) is 5.32 Å². The average Bonchev–Trinajstić information content (AvgIpc) is 3.24. The van der Waals surface area contributed by atoms with Gasteiger partial charge in [-0.1, -0.05) is 55.7 Å². The normalized spacial score (nSPS) is 16.7. The molecule has 0 saturated carbocycles. The van der Waals surface area contributed by atoms with E-state index in [1.807, 2.05) is 30.3 Å². The number of amides is 4. The van der Waals surface area contributed by atoms with Crippen molar-refractivity contribution in [2.24, 2.45) is 0 Å². The van der Waals surface area contributed by atoms with Crippen molar-refractivity contribution in [3.63, 3.8) is 0 Å². The molecule has 0 radical (unpaired) electrons. The first-order chi connectivity index (χ1) is 18.4. The fourth-order valence-electron chi connectivity index (χ4n) is 4.81. The Balaban J connectivity index is 1.14. The summed E-state index contributed by atoms with van der Waals surface area (Å²) in [5.41, 5.74) is 2.70. The zero-order valence-corrected chi connectivity index (χ0v) is 21.4. The molecule has 1 unspecified atom stereocenters. The van der Waals surface area contributed by atoms with Crippen LogP contribution in [-0.2, 0) is 37.1 Å². The van der Waals surface area contributed by atoms with Crippen LogP contribution in [0.4, 0.5) is 5.69 Å². The Labute approximate surface area is 221 Å². The van der Waals surface area contributed by atoms with Gasteiger partial charge in [-0.05, 0) is 37.0 Å². The highest BCUT2D eigenvalue weighted by Gasteiger charge is 2.39. The molecule has 2 aliphatic rings. The molecule has 2 heterocycles. The maximum Gasteiger partial charge on any atom is 0.306 e. The number of imide groups is 1. The largest absolute Gasteiger partial charge is 0.461 e. The Morgan fingerprint density at radius 2 is 1.66 bits per heavy atom. The number of fused-ring (bicyclic) bond motifs is 1. The monoisotopic (exact) mass is 519 g/mol. The Hall–Kier alpha value is -4.01. The van der Waals surface area contributed by atoms with Gasteiger partial charge < -0.3 is 15.0 Å². The van der Waals surface area contributed by atoms with Crippen molar-refractivity contribution in [3.05, 3.63) is 65.2 Å². The Morgan fingerprint density at radius 1 is 0.921 bits per heavy atom. The van der Waals surface area contributed by atoms with E-state index in [1.54, 1.807) is 18.2 Å². The number of ether oxygens (including phenoxy) is 1. The fraction of sp³-hybridized carbons (Fsp3) is 0.414. The van der Waals surface area contributed by atoms with Crippen LogP contribution in [0.25, 0.3) is 0 Å². The maximum absolute atomic E-state index is 12.9. The van der Waals surface area contributed by atoms with Crippen molar-refractivity contribution in [2.45, 2.75) is 77.0 Å². The number of piperidine rings is 1. The molecule has 4 amide bonds. The number of carbonyl (C=O) groups excluding carboxylic acids is 5. The first kappa shape index (κ1) is 27.0. The molecule has 2 aliphatic heterocycles. The van der Waals surface area contributed by atoms with Crippen LogP contribution in [0.2, 0.25) is 0 Å². The molecule has 2 aromatic rings. The summed E-state index contributed by atoms with van der Waals surface area (Å²) in [6.07, 6.45) is 5.41. The van der Waals surface area contributed by atoms with Crippen LogP contribution in [0, 0.1) is 0 Å². The lowest BCUT2D eigenvalue weighted by Crippen LogP contribution is -2.52. The van der Waals surface area contributed by atoms with Gasteiger partial charge in [0.25, 0.3) is 5.91 Å². The predicted molar refractivity (Wildman–Crippen MR) is 140 cm³/mol. The van der Waals surface area contributed by atoms with Gasteiger partial charge in [0.05, 0.1) is 0 Å². The lowest BCUT2D eigenvalue weighted by molar-refractivity contribution is -0.145. The van der Waals surface area contributed by atoms with Gasteiger partial charge in [-0.2, -0.15) is 0 Å². The summed E-state index contributed by atoms with van der Waals surface area (Å²) in [5.74, 6) is -1.38. The number of anilines is 1. The minimum atomic E-state index is -0.693. The molecule has 1 saturated heterocycles. The molecule has 1 fully saturated rings. The van der Waals surface area contributed by atoms with Gasteiger partial charge in [0.2, 0.25) is 17.7 Å². The number of hydrogen-bond donors (Lipinski definition) is 2. The SMILES string of the molecule is O=C1CCC(N2Cc3c(NC(=O)CCCCCCCC(=O)OCc4ccccc4)cccc3C2=O)C(=O)N1. The minimum absolute atomic E-state index is 0.130. The molecule has 1 atom stereocenters. The molecule has 0 spiro atoms. The number of carbonyl (C=O) groups is 5. The van der Waals surface area contributed by atoms with E-state index in [9.17, 15) is 24.0 Å². The van der Waals surface area contributed by atoms with E-state index < -0.39 is 11.9 Å². The molecule has 200 valence electrons. The van der Waals surface area contributed by atoms with Gasteiger partial charge in [-0.3, -0.25) is 29.3 Å². The molecule has 9 heteroatoms. The molecule has 38 heavy (non-hydrogen) atoms. The molecule has 0 aromatic heterocycles. The van der Waals surface area contributed by atoms with Crippen molar-refractivity contribution >= 4 is 35.3 Å². The number of esters is 1. The first-order valence-electron chi connectivity index (χ1n) is 13.2. The molecule has 2 N–H and O–H groups in total. The Morgan fingerprint density at radius 3 is 2.42 bits per heavy atom. The van der Waals surface area contributed by atoms with Gasteiger partial charge in [0.15, 0.2) is 0 Å². The van der Waals surface area contributed by atoms with Gasteiger partial charge in [0.1, 0.15) is 12.6 Å². The van der Waals surface area contributed by atoms with Crippen molar-refractivity contribution in [3.8, 4) is 0 Å². The molecule has 2 aromatic carbocycles. The van der Waals surface area contributed by atoms with Crippen LogP contribution in [-0.4, -0.2) is 40.5 Å². The zero-order valence-electron chi connectivity index (χ0n) is 21.4. The third-order valence-corrected chi connectivity index (χ3v) is 6.88. The lowest BCUT2D eigenvalue weighted by atomic mass is 10.0. The van der Waals surface area contributed by atoms with Crippen LogP contribution >= 0.6 is 0 Å². The Bertz CT molecular complexity index is 1200. The number of hydrogen-bond acceptors (Lipinski definition) is 6. The lowest BCUT2D eigenvalue weighted by Gasteiger charge is -2.29. The van der Waals surface area contributed by atoms with Crippen LogP contribution in [0.15, 0.2) is 48.5 Å². The van der Waals surface area contributed by atoms with E-state index in [1.165, 1.54) is 4.90 Å². The Kier molecular flexibility index (Phi) is 9.24. The summed E-state index contributed by atoms with van der Waals surface area (Å²) >= 11 is 0. The molecule has 0 aliphatic carbocycles. The summed E-state index contributed by atoms with van der Waals surface area (Å²) in [6.45, 7) is 0.507. The average molecular weight is 520 g/mol. The number of nitrogens with one attached hydrogen (secondary N) is 2. The van der Waals surface area contributed by atoms with E-state index in [4.69, 9.17) is 4.74 Å². The molecule has 0 bridgehead atoms. The van der Waals surface area contributed by atoms with Crippen LogP contribution in [0.5, 0.6) is 0 Å².